The first-order valence-corrected chi connectivity index (χ1v) is 7.82. The van der Waals surface area contributed by atoms with Crippen LogP contribution in [0.3, 0.4) is 0 Å². The molecule has 0 aliphatic heterocycles. The fourth-order valence-corrected chi connectivity index (χ4v) is 2.87. The fraction of sp³-hybridized carbons (Fsp3) is 0.0714. The van der Waals surface area contributed by atoms with Gasteiger partial charge in [0.1, 0.15) is 5.69 Å². The van der Waals surface area contributed by atoms with E-state index in [1.54, 1.807) is 18.2 Å². The number of nitrogens with zero attached hydrogens (tertiary/aromatic N) is 1. The van der Waals surface area contributed by atoms with Crippen LogP contribution in [0.4, 0.5) is 11.4 Å². The lowest BCUT2D eigenvalue weighted by Gasteiger charge is -2.07. The summed E-state index contributed by atoms with van der Waals surface area (Å²) < 4.78 is 0. The van der Waals surface area contributed by atoms with E-state index in [1.807, 2.05) is 6.07 Å². The molecule has 1 amide bonds. The highest BCUT2D eigenvalue weighted by Gasteiger charge is 2.16. The Morgan fingerprint density at radius 3 is 2.64 bits per heavy atom. The van der Waals surface area contributed by atoms with Crippen LogP contribution in [-0.2, 0) is 4.79 Å². The molecular formula is C14H10Cl2N2O3S. The molecule has 0 aromatic heterocycles. The van der Waals surface area contributed by atoms with Crippen molar-refractivity contribution in [2.24, 2.45) is 0 Å². The average molecular weight is 357 g/mol. The SMILES string of the molecule is O=C(CSc1ccccc1Cl)Nc1cc(Cl)ccc1[N+](=O)[O-]. The molecule has 0 aliphatic carbocycles. The van der Waals surface area contributed by atoms with Gasteiger partial charge in [-0.15, -0.1) is 11.8 Å². The number of carbonyl (C=O) groups excluding carboxylic acids is 1. The Bertz CT molecular complexity index is 725. The molecule has 5 nitrogen and oxygen atoms in total. The molecule has 0 saturated heterocycles. The Morgan fingerprint density at radius 2 is 1.95 bits per heavy atom. The number of nitro groups is 1. The van der Waals surface area contributed by atoms with Gasteiger partial charge in [-0.3, -0.25) is 14.9 Å². The van der Waals surface area contributed by atoms with Gasteiger partial charge in [0.25, 0.3) is 5.69 Å². The van der Waals surface area contributed by atoms with Crippen LogP contribution in [0.1, 0.15) is 0 Å². The van der Waals surface area contributed by atoms with Gasteiger partial charge in [0.05, 0.1) is 15.7 Å². The molecule has 0 saturated carbocycles. The van der Waals surface area contributed by atoms with Gasteiger partial charge in [-0.25, -0.2) is 0 Å². The van der Waals surface area contributed by atoms with Crippen LogP contribution in [0.5, 0.6) is 0 Å². The molecule has 0 radical (unpaired) electrons. The molecule has 2 rings (SSSR count). The summed E-state index contributed by atoms with van der Waals surface area (Å²) in [5.41, 5.74) is -0.136. The van der Waals surface area contributed by atoms with E-state index >= 15 is 0 Å². The summed E-state index contributed by atoms with van der Waals surface area (Å²) in [6.45, 7) is 0. The summed E-state index contributed by atoms with van der Waals surface area (Å²) >= 11 is 13.0. The molecule has 2 aromatic carbocycles. The molecule has 0 spiro atoms. The minimum Gasteiger partial charge on any atom is -0.320 e. The van der Waals surface area contributed by atoms with Crippen LogP contribution >= 0.6 is 35.0 Å². The number of hydrogen-bond acceptors (Lipinski definition) is 4. The second kappa shape index (κ2) is 7.49. The van der Waals surface area contributed by atoms with Crippen LogP contribution in [0.2, 0.25) is 10.0 Å². The molecule has 22 heavy (non-hydrogen) atoms. The number of anilines is 1. The first-order valence-electron chi connectivity index (χ1n) is 6.08. The van der Waals surface area contributed by atoms with Crippen molar-refractivity contribution in [3.63, 3.8) is 0 Å². The van der Waals surface area contributed by atoms with Crippen LogP contribution in [-0.4, -0.2) is 16.6 Å². The van der Waals surface area contributed by atoms with Crippen molar-refractivity contribution in [1.29, 1.82) is 0 Å². The minimum absolute atomic E-state index is 0.0715. The van der Waals surface area contributed by atoms with E-state index < -0.39 is 4.92 Å². The third-order valence-electron chi connectivity index (χ3n) is 2.62. The fourth-order valence-electron chi connectivity index (χ4n) is 1.66. The number of rotatable bonds is 5. The molecular weight excluding hydrogens is 347 g/mol. The zero-order valence-electron chi connectivity index (χ0n) is 11.1. The molecule has 0 fully saturated rings. The standard InChI is InChI=1S/C14H10Cl2N2O3S/c15-9-5-6-12(18(20)21)11(7-9)17-14(19)8-22-13-4-2-1-3-10(13)16/h1-7H,8H2,(H,17,19). The normalized spacial score (nSPS) is 10.3. The topological polar surface area (TPSA) is 72.2 Å². The van der Waals surface area contributed by atoms with Crippen molar-refractivity contribution in [3.05, 3.63) is 62.6 Å². The van der Waals surface area contributed by atoms with Crippen molar-refractivity contribution >= 4 is 52.2 Å². The largest absolute Gasteiger partial charge is 0.320 e. The molecule has 0 aliphatic rings. The highest BCUT2D eigenvalue weighted by atomic mass is 35.5. The van der Waals surface area contributed by atoms with Crippen LogP contribution in [0, 0.1) is 10.1 Å². The highest BCUT2D eigenvalue weighted by Crippen LogP contribution is 2.29. The molecule has 0 atom stereocenters. The highest BCUT2D eigenvalue weighted by molar-refractivity contribution is 8.00. The number of halogens is 2. The monoisotopic (exact) mass is 356 g/mol. The summed E-state index contributed by atoms with van der Waals surface area (Å²) in [6, 6.07) is 11.1. The van der Waals surface area contributed by atoms with Crippen molar-refractivity contribution in [3.8, 4) is 0 Å². The van der Waals surface area contributed by atoms with Gasteiger partial charge in [0.2, 0.25) is 5.91 Å². The van der Waals surface area contributed by atoms with Gasteiger partial charge in [-0.1, -0.05) is 35.3 Å². The van der Waals surface area contributed by atoms with Crippen LogP contribution in [0.15, 0.2) is 47.4 Å². The van der Waals surface area contributed by atoms with E-state index in [1.165, 1.54) is 30.0 Å². The van der Waals surface area contributed by atoms with Crippen LogP contribution in [0.25, 0.3) is 0 Å². The first-order chi connectivity index (χ1) is 10.5. The number of thioether (sulfide) groups is 1. The van der Waals surface area contributed by atoms with Crippen LogP contribution < -0.4 is 5.32 Å². The average Bonchev–Trinajstić information content (AvgIpc) is 2.46. The summed E-state index contributed by atoms with van der Waals surface area (Å²) in [4.78, 5) is 23.1. The predicted octanol–water partition coefficient (Wildman–Crippen LogP) is 4.63. The van der Waals surface area contributed by atoms with E-state index in [0.29, 0.717) is 10.0 Å². The number of hydrogen-bond donors (Lipinski definition) is 1. The van der Waals surface area contributed by atoms with Crippen molar-refractivity contribution < 1.29 is 9.72 Å². The van der Waals surface area contributed by atoms with Gasteiger partial charge < -0.3 is 5.32 Å². The molecule has 114 valence electrons. The van der Waals surface area contributed by atoms with Gasteiger partial charge in [0, 0.05) is 16.0 Å². The Kier molecular flexibility index (Phi) is 5.65. The molecule has 2 aromatic rings. The Labute approximate surface area is 140 Å². The van der Waals surface area contributed by atoms with E-state index in [4.69, 9.17) is 23.2 Å². The molecule has 0 unspecified atom stereocenters. The number of amides is 1. The van der Waals surface area contributed by atoms with Crippen molar-refractivity contribution in [2.75, 3.05) is 11.1 Å². The lowest BCUT2D eigenvalue weighted by atomic mass is 10.2. The zero-order chi connectivity index (χ0) is 16.1. The van der Waals surface area contributed by atoms with E-state index in [9.17, 15) is 14.9 Å². The van der Waals surface area contributed by atoms with E-state index in [-0.39, 0.29) is 23.0 Å². The quantitative estimate of drug-likeness (QED) is 0.481. The summed E-state index contributed by atoms with van der Waals surface area (Å²) in [5.74, 6) is -0.303. The summed E-state index contributed by atoms with van der Waals surface area (Å²) in [6.07, 6.45) is 0. The lowest BCUT2D eigenvalue weighted by molar-refractivity contribution is -0.383. The van der Waals surface area contributed by atoms with Gasteiger partial charge in [-0.2, -0.15) is 0 Å². The first kappa shape index (κ1) is 16.6. The minimum atomic E-state index is -0.576. The van der Waals surface area contributed by atoms with Gasteiger partial charge in [0.15, 0.2) is 0 Å². The third-order valence-corrected chi connectivity index (χ3v) is 4.38. The summed E-state index contributed by atoms with van der Waals surface area (Å²) in [7, 11) is 0. The molecule has 1 N–H and O–H groups in total. The Morgan fingerprint density at radius 1 is 1.23 bits per heavy atom. The second-order valence-electron chi connectivity index (χ2n) is 4.19. The lowest BCUT2D eigenvalue weighted by Crippen LogP contribution is -2.15. The van der Waals surface area contributed by atoms with E-state index in [0.717, 1.165) is 4.90 Å². The molecule has 0 bridgehead atoms. The van der Waals surface area contributed by atoms with Crippen molar-refractivity contribution in [1.82, 2.24) is 0 Å². The Balaban J connectivity index is 2.05. The Hall–Kier alpha value is -1.76. The maximum absolute atomic E-state index is 11.9. The summed E-state index contributed by atoms with van der Waals surface area (Å²) in [5, 5.41) is 14.3. The predicted molar refractivity (Wildman–Crippen MR) is 88.9 cm³/mol. The number of benzene rings is 2. The molecule has 0 heterocycles. The number of nitrogens with one attached hydrogen (secondary N) is 1. The third kappa shape index (κ3) is 4.37. The maximum Gasteiger partial charge on any atom is 0.292 e. The number of carbonyl (C=O) groups is 1. The smallest absolute Gasteiger partial charge is 0.292 e. The number of nitro benzene ring substituents is 1. The second-order valence-corrected chi connectivity index (χ2v) is 6.05. The van der Waals surface area contributed by atoms with Gasteiger partial charge >= 0.3 is 0 Å². The van der Waals surface area contributed by atoms with Crippen molar-refractivity contribution in [2.45, 2.75) is 4.90 Å². The zero-order valence-corrected chi connectivity index (χ0v) is 13.4. The maximum atomic E-state index is 11.9. The van der Waals surface area contributed by atoms with E-state index in [2.05, 4.69) is 5.32 Å². The molecule has 8 heteroatoms. The van der Waals surface area contributed by atoms with Gasteiger partial charge in [-0.05, 0) is 24.3 Å².